The molecular weight excluding hydrogens is 1160 g/mol. The number of esters is 1. The maximum Gasteiger partial charge on any atom is 0.305 e. The maximum atomic E-state index is 13.1. The number of aliphatic hydroxyl groups is 5. The van der Waals surface area contributed by atoms with Crippen LogP contribution < -0.4 is 5.32 Å². The van der Waals surface area contributed by atoms with Crippen molar-refractivity contribution in [3.8, 4) is 0 Å². The molecule has 544 valence electrons. The third kappa shape index (κ3) is 59.2. The van der Waals surface area contributed by atoms with Crippen LogP contribution in [-0.4, -0.2) is 100 Å². The molecule has 0 saturated carbocycles. The van der Waals surface area contributed by atoms with Gasteiger partial charge in [-0.15, -0.1) is 0 Å². The zero-order valence-electron chi connectivity index (χ0n) is 60.7. The maximum absolute atomic E-state index is 13.1. The summed E-state index contributed by atoms with van der Waals surface area (Å²) in [6, 6.07) is -0.833. The second kappa shape index (κ2) is 70.7. The van der Waals surface area contributed by atoms with Gasteiger partial charge in [0.15, 0.2) is 6.29 Å². The lowest BCUT2D eigenvalue weighted by molar-refractivity contribution is -0.302. The second-order valence-corrected chi connectivity index (χ2v) is 27.7. The minimum atomic E-state index is -1.58. The van der Waals surface area contributed by atoms with Gasteiger partial charge in [-0.05, 0) is 83.5 Å². The summed E-state index contributed by atoms with van der Waals surface area (Å²) in [7, 11) is 0. The van der Waals surface area contributed by atoms with E-state index in [4.69, 9.17) is 14.2 Å². The van der Waals surface area contributed by atoms with Crippen molar-refractivity contribution in [1.29, 1.82) is 0 Å². The van der Waals surface area contributed by atoms with E-state index in [1.54, 1.807) is 6.08 Å². The number of allylic oxidation sites excluding steroid dienone is 9. The summed E-state index contributed by atoms with van der Waals surface area (Å²) in [6.45, 7) is 4.32. The van der Waals surface area contributed by atoms with Crippen LogP contribution in [0, 0.1) is 0 Å². The highest BCUT2D eigenvalue weighted by Gasteiger charge is 2.44. The van der Waals surface area contributed by atoms with Crippen molar-refractivity contribution in [2.75, 3.05) is 19.8 Å². The average molecular weight is 1310 g/mol. The molecule has 1 heterocycles. The van der Waals surface area contributed by atoms with Crippen LogP contribution >= 0.6 is 0 Å². The van der Waals surface area contributed by atoms with Gasteiger partial charge in [-0.2, -0.15) is 0 Å². The Morgan fingerprint density at radius 1 is 0.398 bits per heavy atom. The van der Waals surface area contributed by atoms with Gasteiger partial charge in [-0.1, -0.05) is 351 Å². The molecule has 0 spiro atoms. The lowest BCUT2D eigenvalue weighted by Gasteiger charge is -2.40. The molecule has 93 heavy (non-hydrogen) atoms. The molecule has 0 aromatic rings. The van der Waals surface area contributed by atoms with Gasteiger partial charge in [0.05, 0.1) is 32.0 Å². The van der Waals surface area contributed by atoms with Gasteiger partial charge in [-0.3, -0.25) is 9.59 Å². The Bertz CT molecular complexity index is 1730. The van der Waals surface area contributed by atoms with Gasteiger partial charge in [0.2, 0.25) is 5.91 Å². The van der Waals surface area contributed by atoms with Crippen molar-refractivity contribution in [1.82, 2.24) is 5.32 Å². The third-order valence-corrected chi connectivity index (χ3v) is 18.8. The molecule has 0 bridgehead atoms. The zero-order chi connectivity index (χ0) is 67.2. The Kier molecular flexibility index (Phi) is 67.2. The van der Waals surface area contributed by atoms with Crippen LogP contribution in [0.3, 0.4) is 0 Å². The Morgan fingerprint density at radius 2 is 0.742 bits per heavy atom. The number of amides is 1. The number of hydrogen-bond donors (Lipinski definition) is 6. The number of aliphatic hydroxyl groups excluding tert-OH is 5. The summed E-state index contributed by atoms with van der Waals surface area (Å²) in [5.41, 5.74) is 0. The van der Waals surface area contributed by atoms with Gasteiger partial charge in [0, 0.05) is 12.8 Å². The molecule has 6 N–H and O–H groups in total. The topological polar surface area (TPSA) is 175 Å². The molecular formula is C82H151NO10. The molecule has 0 radical (unpaired) electrons. The highest BCUT2D eigenvalue weighted by Crippen LogP contribution is 2.24. The quantitative estimate of drug-likeness (QED) is 0.0195. The van der Waals surface area contributed by atoms with Crippen LogP contribution in [-0.2, 0) is 23.8 Å². The summed E-state index contributed by atoms with van der Waals surface area (Å²) >= 11 is 0. The van der Waals surface area contributed by atoms with E-state index in [0.717, 1.165) is 70.6 Å². The van der Waals surface area contributed by atoms with E-state index >= 15 is 0 Å². The van der Waals surface area contributed by atoms with E-state index < -0.39 is 49.5 Å². The van der Waals surface area contributed by atoms with Crippen molar-refractivity contribution < 1.29 is 49.3 Å². The van der Waals surface area contributed by atoms with Gasteiger partial charge < -0.3 is 45.1 Å². The molecule has 1 fully saturated rings. The first-order chi connectivity index (χ1) is 45.7. The van der Waals surface area contributed by atoms with E-state index in [-0.39, 0.29) is 18.5 Å². The lowest BCUT2D eigenvalue weighted by atomic mass is 9.99. The van der Waals surface area contributed by atoms with Crippen LogP contribution in [0.4, 0.5) is 0 Å². The minimum absolute atomic E-state index is 0.0169. The van der Waals surface area contributed by atoms with Crippen molar-refractivity contribution in [2.24, 2.45) is 0 Å². The molecule has 1 rings (SSSR count). The summed E-state index contributed by atoms with van der Waals surface area (Å²) in [4.78, 5) is 25.1. The molecule has 1 aliphatic rings. The van der Waals surface area contributed by atoms with E-state index in [2.05, 4.69) is 67.8 Å². The average Bonchev–Trinajstić information content (AvgIpc) is 2.25. The minimum Gasteiger partial charge on any atom is -0.466 e. The first-order valence-corrected chi connectivity index (χ1v) is 40.1. The Morgan fingerprint density at radius 3 is 1.16 bits per heavy atom. The number of ether oxygens (including phenoxy) is 3. The normalized spacial score (nSPS) is 17.8. The first-order valence-electron chi connectivity index (χ1n) is 40.1. The van der Waals surface area contributed by atoms with Crippen LogP contribution in [0.2, 0.25) is 0 Å². The number of carbonyl (C=O) groups is 2. The fourth-order valence-corrected chi connectivity index (χ4v) is 12.5. The Labute approximate surface area is 573 Å². The van der Waals surface area contributed by atoms with Crippen LogP contribution in [0.25, 0.3) is 0 Å². The number of rotatable bonds is 71. The van der Waals surface area contributed by atoms with Crippen molar-refractivity contribution in [3.63, 3.8) is 0 Å². The molecule has 1 saturated heterocycles. The predicted octanol–water partition coefficient (Wildman–Crippen LogP) is 21.6. The van der Waals surface area contributed by atoms with E-state index in [9.17, 15) is 35.1 Å². The van der Waals surface area contributed by atoms with Gasteiger partial charge in [-0.25, -0.2) is 0 Å². The molecule has 11 nitrogen and oxygen atoms in total. The molecule has 1 amide bonds. The molecule has 0 aliphatic carbocycles. The Balaban J connectivity index is 1.90. The summed E-state index contributed by atoms with van der Waals surface area (Å²) in [6.07, 6.45) is 85.5. The summed E-state index contributed by atoms with van der Waals surface area (Å²) < 4.78 is 16.7. The van der Waals surface area contributed by atoms with Crippen LogP contribution in [0.1, 0.15) is 386 Å². The molecule has 0 aromatic carbocycles. The standard InChI is InChI=1S/C82H151NO10/c1-3-5-7-9-11-13-15-17-46-50-54-58-62-66-70-78(87)91-71-67-63-59-55-51-47-44-42-40-38-36-34-32-30-28-26-24-22-20-18-19-21-23-25-27-29-31-33-35-37-39-41-43-45-49-53-57-61-65-69-77(86)83-74(73-92-82-81(90)80(89)79(88)76(72-84)93-82)75(85)68-64-60-56-52-48-16-14-12-10-8-6-4-2/h10,12,18-19,22,24,48,52,64,68,74-76,79-82,84-85,88-90H,3-9,11,13-17,20-21,23,25-47,49-51,53-63,65-67,69-73H2,1-2H3,(H,83,86)/b12-10+,19-18-,24-22-,52-48+,68-64+. The Hall–Kier alpha value is -2.64. The van der Waals surface area contributed by atoms with E-state index in [1.807, 2.05) is 6.08 Å². The van der Waals surface area contributed by atoms with Gasteiger partial charge >= 0.3 is 5.97 Å². The highest BCUT2D eigenvalue weighted by atomic mass is 16.7. The van der Waals surface area contributed by atoms with Gasteiger partial charge in [0.1, 0.15) is 24.4 Å². The van der Waals surface area contributed by atoms with Crippen LogP contribution in [0.5, 0.6) is 0 Å². The van der Waals surface area contributed by atoms with E-state index in [1.165, 1.54) is 289 Å². The molecule has 7 unspecified atom stereocenters. The summed E-state index contributed by atoms with van der Waals surface area (Å²) in [5, 5.41) is 54.4. The smallest absolute Gasteiger partial charge is 0.305 e. The van der Waals surface area contributed by atoms with Crippen molar-refractivity contribution >= 4 is 11.9 Å². The predicted molar refractivity (Wildman–Crippen MR) is 393 cm³/mol. The highest BCUT2D eigenvalue weighted by molar-refractivity contribution is 5.76. The number of carbonyl (C=O) groups excluding carboxylic acids is 2. The number of unbranched alkanes of at least 4 members (excludes halogenated alkanes) is 49. The molecule has 1 aliphatic heterocycles. The second-order valence-electron chi connectivity index (χ2n) is 27.7. The van der Waals surface area contributed by atoms with Crippen molar-refractivity contribution in [3.05, 3.63) is 60.8 Å². The molecule has 0 aromatic heterocycles. The summed E-state index contributed by atoms with van der Waals surface area (Å²) in [5.74, 6) is -0.176. The number of nitrogens with one attached hydrogen (secondary N) is 1. The lowest BCUT2D eigenvalue weighted by Crippen LogP contribution is -2.60. The van der Waals surface area contributed by atoms with E-state index in [0.29, 0.717) is 19.4 Å². The number of hydrogen-bond acceptors (Lipinski definition) is 10. The third-order valence-electron chi connectivity index (χ3n) is 18.8. The zero-order valence-corrected chi connectivity index (χ0v) is 60.7. The van der Waals surface area contributed by atoms with Crippen LogP contribution in [0.15, 0.2) is 60.8 Å². The fourth-order valence-electron chi connectivity index (χ4n) is 12.5. The SMILES string of the molecule is CCCC/C=C/CC/C=C/CC/C=C/C(O)C(COC1OC(CO)C(O)C(O)C1O)NC(=O)CCCCCCCCCCCCCCCCCCC/C=C\C/C=C\CCCCCCCCCCCCCCCCCOC(=O)CCCCCCCCCCCCCCCC. The molecule has 7 atom stereocenters. The van der Waals surface area contributed by atoms with Gasteiger partial charge in [0.25, 0.3) is 0 Å². The largest absolute Gasteiger partial charge is 0.466 e. The van der Waals surface area contributed by atoms with Crippen molar-refractivity contribution in [2.45, 2.75) is 429 Å². The first kappa shape index (κ1) is 88.4. The fraction of sp³-hybridized carbons (Fsp3) is 0.854. The monoisotopic (exact) mass is 1310 g/mol. The molecule has 11 heteroatoms.